The van der Waals surface area contributed by atoms with E-state index in [9.17, 15) is 4.79 Å². The van der Waals surface area contributed by atoms with Gasteiger partial charge in [0.15, 0.2) is 0 Å². The van der Waals surface area contributed by atoms with Crippen molar-refractivity contribution < 1.29 is 9.53 Å². The molecule has 3 nitrogen and oxygen atoms in total. The van der Waals surface area contributed by atoms with E-state index >= 15 is 0 Å². The van der Waals surface area contributed by atoms with E-state index in [1.54, 1.807) is 0 Å². The average molecular weight is 408 g/mol. The van der Waals surface area contributed by atoms with Crippen molar-refractivity contribution in [3.8, 4) is 0 Å². The first-order valence-electron chi connectivity index (χ1n) is 10.5. The number of hydrogen-bond donors (Lipinski definition) is 0. The van der Waals surface area contributed by atoms with Crippen LogP contribution in [0.5, 0.6) is 0 Å². The monoisotopic (exact) mass is 407 g/mol. The number of fused-ring (bicyclic) bond motifs is 2. The van der Waals surface area contributed by atoms with Gasteiger partial charge in [-0.15, -0.1) is 0 Å². The summed E-state index contributed by atoms with van der Waals surface area (Å²) in [6.45, 7) is 0.962. The van der Waals surface area contributed by atoms with Crippen LogP contribution in [0, 0.1) is 5.92 Å². The van der Waals surface area contributed by atoms with Crippen LogP contribution in [0.25, 0.3) is 5.57 Å². The molecule has 0 unspecified atom stereocenters. The first kappa shape index (κ1) is 18.9. The molecule has 4 atom stereocenters. The van der Waals surface area contributed by atoms with Crippen LogP contribution in [0.15, 0.2) is 60.7 Å². The summed E-state index contributed by atoms with van der Waals surface area (Å²) < 4.78 is 5.23. The van der Waals surface area contributed by atoms with Crippen molar-refractivity contribution in [1.82, 2.24) is 4.90 Å². The Kier molecular flexibility index (Phi) is 4.76. The minimum absolute atomic E-state index is 0.0875. The maximum atomic E-state index is 12.7. The van der Waals surface area contributed by atoms with Gasteiger partial charge in [0.1, 0.15) is 0 Å². The normalized spacial score (nSPS) is 30.7. The Morgan fingerprint density at radius 3 is 2.59 bits per heavy atom. The molecule has 1 saturated heterocycles. The average Bonchev–Trinajstić information content (AvgIpc) is 3.43. The number of methoxy groups -OCH3 is 1. The summed E-state index contributed by atoms with van der Waals surface area (Å²) >= 11 is 6.06. The van der Waals surface area contributed by atoms with Crippen LogP contribution >= 0.6 is 11.6 Å². The Labute approximate surface area is 177 Å². The SMILES string of the molecule is COC(=O)[C@@]1(c2ccccc2)C[C@H]1CN1[C@@H]2CC[C@H]1C=C(c1ccc(Cl)cc1)C2. The number of benzene rings is 2. The Morgan fingerprint density at radius 1 is 1.14 bits per heavy atom. The molecule has 3 aliphatic rings. The fourth-order valence-corrected chi connectivity index (χ4v) is 5.65. The van der Waals surface area contributed by atoms with Gasteiger partial charge in [0, 0.05) is 23.7 Å². The van der Waals surface area contributed by atoms with Crippen molar-refractivity contribution in [2.45, 2.75) is 43.2 Å². The molecule has 0 aromatic heterocycles. The minimum atomic E-state index is -0.463. The van der Waals surface area contributed by atoms with E-state index in [0.29, 0.717) is 18.0 Å². The fraction of sp³-hybridized carbons (Fsp3) is 0.400. The van der Waals surface area contributed by atoms with E-state index in [1.165, 1.54) is 31.1 Å². The van der Waals surface area contributed by atoms with Gasteiger partial charge in [-0.25, -0.2) is 0 Å². The number of hydrogen-bond acceptors (Lipinski definition) is 3. The highest BCUT2D eigenvalue weighted by atomic mass is 35.5. The molecule has 2 aromatic rings. The summed E-state index contributed by atoms with van der Waals surface area (Å²) in [6.07, 6.45) is 6.82. The molecule has 4 heteroatoms. The van der Waals surface area contributed by atoms with Crippen LogP contribution in [0.3, 0.4) is 0 Å². The molecule has 5 rings (SSSR count). The predicted molar refractivity (Wildman–Crippen MR) is 116 cm³/mol. The number of carbonyl (C=O) groups excluding carboxylic acids is 1. The molecule has 2 aromatic carbocycles. The predicted octanol–water partition coefficient (Wildman–Crippen LogP) is 5.09. The highest BCUT2D eigenvalue weighted by Gasteiger charge is 2.63. The molecule has 2 aliphatic heterocycles. The molecule has 1 aliphatic carbocycles. The maximum Gasteiger partial charge on any atom is 0.316 e. The van der Waals surface area contributed by atoms with Gasteiger partial charge in [0.05, 0.1) is 12.5 Å². The van der Waals surface area contributed by atoms with E-state index < -0.39 is 5.41 Å². The summed E-state index contributed by atoms with van der Waals surface area (Å²) in [7, 11) is 1.51. The molecule has 2 heterocycles. The molecule has 2 fully saturated rings. The number of halogens is 1. The van der Waals surface area contributed by atoms with Gasteiger partial charge in [-0.05, 0) is 60.4 Å². The molecular formula is C25H26ClNO2. The molecule has 0 N–H and O–H groups in total. The zero-order valence-corrected chi connectivity index (χ0v) is 17.4. The second-order valence-corrected chi connectivity index (χ2v) is 9.06. The van der Waals surface area contributed by atoms with Crippen molar-refractivity contribution in [3.05, 3.63) is 76.8 Å². The summed E-state index contributed by atoms with van der Waals surface area (Å²) in [5.74, 6) is 0.237. The van der Waals surface area contributed by atoms with Crippen molar-refractivity contribution in [3.63, 3.8) is 0 Å². The molecule has 0 spiro atoms. The van der Waals surface area contributed by atoms with Gasteiger partial charge in [-0.1, -0.05) is 60.1 Å². The molecule has 2 bridgehead atoms. The summed E-state index contributed by atoms with van der Waals surface area (Å²) in [5.41, 5.74) is 3.35. The van der Waals surface area contributed by atoms with Crippen LogP contribution in [0.4, 0.5) is 0 Å². The number of rotatable bonds is 5. The Hall–Kier alpha value is -2.10. The molecule has 29 heavy (non-hydrogen) atoms. The minimum Gasteiger partial charge on any atom is -0.468 e. The number of nitrogens with zero attached hydrogens (tertiary/aromatic N) is 1. The smallest absolute Gasteiger partial charge is 0.316 e. The standard InChI is InChI=1S/C25H26ClNO2/c1-29-24(28)25(19-5-3-2-4-6-19)15-20(25)16-27-22-11-12-23(27)14-18(13-22)17-7-9-21(26)10-8-17/h2-10,13,20,22-23H,11-12,14-16H2,1H3/t20-,22-,23+,25+/m0/s1. The third-order valence-corrected chi connectivity index (χ3v) is 7.38. The number of esters is 1. The van der Waals surface area contributed by atoms with Crippen LogP contribution < -0.4 is 0 Å². The molecule has 1 saturated carbocycles. The summed E-state index contributed by atoms with van der Waals surface area (Å²) in [6, 6.07) is 19.4. The second-order valence-electron chi connectivity index (χ2n) is 8.63. The van der Waals surface area contributed by atoms with Crippen molar-refractivity contribution in [2.24, 2.45) is 5.92 Å². The lowest BCUT2D eigenvalue weighted by Gasteiger charge is -2.35. The van der Waals surface area contributed by atoms with Gasteiger partial charge in [0.2, 0.25) is 0 Å². The molecule has 0 radical (unpaired) electrons. The lowest BCUT2D eigenvalue weighted by molar-refractivity contribution is -0.144. The van der Waals surface area contributed by atoms with Gasteiger partial charge >= 0.3 is 5.97 Å². The summed E-state index contributed by atoms with van der Waals surface area (Å²) in [5, 5.41) is 0.781. The third kappa shape index (κ3) is 3.21. The highest BCUT2D eigenvalue weighted by molar-refractivity contribution is 6.30. The van der Waals surface area contributed by atoms with E-state index in [-0.39, 0.29) is 5.97 Å². The van der Waals surface area contributed by atoms with Crippen LogP contribution in [0.2, 0.25) is 5.02 Å². The van der Waals surface area contributed by atoms with Gasteiger partial charge in [0.25, 0.3) is 0 Å². The Bertz CT molecular complexity index is 939. The van der Waals surface area contributed by atoms with Crippen molar-refractivity contribution in [2.75, 3.05) is 13.7 Å². The van der Waals surface area contributed by atoms with E-state index in [4.69, 9.17) is 16.3 Å². The zero-order valence-electron chi connectivity index (χ0n) is 16.7. The van der Waals surface area contributed by atoms with Crippen LogP contribution in [0.1, 0.15) is 36.8 Å². The largest absolute Gasteiger partial charge is 0.468 e. The van der Waals surface area contributed by atoms with Gasteiger partial charge < -0.3 is 4.74 Å². The molecular weight excluding hydrogens is 382 g/mol. The van der Waals surface area contributed by atoms with Gasteiger partial charge in [-0.2, -0.15) is 0 Å². The quantitative estimate of drug-likeness (QED) is 0.646. The van der Waals surface area contributed by atoms with Gasteiger partial charge in [-0.3, -0.25) is 9.69 Å². The third-order valence-electron chi connectivity index (χ3n) is 7.13. The first-order chi connectivity index (χ1) is 14.1. The van der Waals surface area contributed by atoms with E-state index in [2.05, 4.69) is 35.2 Å². The fourth-order valence-electron chi connectivity index (χ4n) is 5.52. The Morgan fingerprint density at radius 2 is 1.90 bits per heavy atom. The van der Waals surface area contributed by atoms with Crippen molar-refractivity contribution in [1.29, 1.82) is 0 Å². The van der Waals surface area contributed by atoms with Crippen molar-refractivity contribution >= 4 is 23.1 Å². The zero-order chi connectivity index (χ0) is 20.0. The second kappa shape index (κ2) is 7.30. The highest BCUT2D eigenvalue weighted by Crippen LogP contribution is 2.56. The lowest BCUT2D eigenvalue weighted by Crippen LogP contribution is -2.41. The molecule has 0 amide bonds. The van der Waals surface area contributed by atoms with E-state index in [1.807, 2.05) is 30.3 Å². The summed E-state index contributed by atoms with van der Waals surface area (Å²) in [4.78, 5) is 15.4. The van der Waals surface area contributed by atoms with Crippen LogP contribution in [-0.2, 0) is 14.9 Å². The molecule has 150 valence electrons. The lowest BCUT2D eigenvalue weighted by atomic mass is 9.91. The van der Waals surface area contributed by atoms with E-state index in [0.717, 1.165) is 30.0 Å². The number of carbonyl (C=O) groups is 1. The van der Waals surface area contributed by atoms with Crippen LogP contribution in [-0.4, -0.2) is 36.6 Å². The topological polar surface area (TPSA) is 29.5 Å². The number of ether oxygens (including phenoxy) is 1. The Balaban J connectivity index is 1.36. The first-order valence-corrected chi connectivity index (χ1v) is 10.9. The maximum absolute atomic E-state index is 12.7.